The van der Waals surface area contributed by atoms with Crippen LogP contribution in [0.2, 0.25) is 0 Å². The maximum atomic E-state index is 12.9. The zero-order chi connectivity index (χ0) is 22.3. The summed E-state index contributed by atoms with van der Waals surface area (Å²) in [6.07, 6.45) is 4.91. The minimum absolute atomic E-state index is 0.0788. The lowest BCUT2D eigenvalue weighted by Crippen LogP contribution is -2.38. The van der Waals surface area contributed by atoms with Gasteiger partial charge in [-0.05, 0) is 50.3 Å². The SMILES string of the molecule is CCN(CC)S(=O)(=O)c1cc(C(=O)O[C@H](C)C(=O)NCC2CCCCC2)ccc1C. The number of aryl methyl sites for hydroxylation is 1. The minimum Gasteiger partial charge on any atom is -0.449 e. The van der Waals surface area contributed by atoms with Crippen molar-refractivity contribution in [1.29, 1.82) is 0 Å². The molecule has 1 aliphatic rings. The molecule has 8 heteroatoms. The topological polar surface area (TPSA) is 92.8 Å². The van der Waals surface area contributed by atoms with E-state index in [-0.39, 0.29) is 16.4 Å². The molecule has 0 heterocycles. The Morgan fingerprint density at radius 3 is 2.40 bits per heavy atom. The highest BCUT2D eigenvalue weighted by Crippen LogP contribution is 2.23. The van der Waals surface area contributed by atoms with Crippen LogP contribution in [-0.4, -0.2) is 50.3 Å². The van der Waals surface area contributed by atoms with Crippen LogP contribution in [0.25, 0.3) is 0 Å². The number of hydrogen-bond acceptors (Lipinski definition) is 5. The summed E-state index contributed by atoms with van der Waals surface area (Å²) in [6, 6.07) is 4.43. The number of carbonyl (C=O) groups is 2. The van der Waals surface area contributed by atoms with Crippen molar-refractivity contribution in [3.8, 4) is 0 Å². The quantitative estimate of drug-likeness (QED) is 0.598. The van der Waals surface area contributed by atoms with Gasteiger partial charge >= 0.3 is 5.97 Å². The molecule has 1 fully saturated rings. The van der Waals surface area contributed by atoms with Crippen molar-refractivity contribution < 1.29 is 22.7 Å². The van der Waals surface area contributed by atoms with Crippen LogP contribution in [0.4, 0.5) is 0 Å². The number of rotatable bonds is 9. The molecule has 1 N–H and O–H groups in total. The van der Waals surface area contributed by atoms with Crippen LogP contribution in [0.15, 0.2) is 23.1 Å². The van der Waals surface area contributed by atoms with Crippen molar-refractivity contribution in [2.75, 3.05) is 19.6 Å². The van der Waals surface area contributed by atoms with Gasteiger partial charge < -0.3 is 10.1 Å². The molecule has 0 aromatic heterocycles. The first-order valence-corrected chi connectivity index (χ1v) is 12.2. The molecule has 1 amide bonds. The lowest BCUT2D eigenvalue weighted by atomic mass is 9.89. The Labute approximate surface area is 180 Å². The van der Waals surface area contributed by atoms with E-state index in [2.05, 4.69) is 5.32 Å². The van der Waals surface area contributed by atoms with Crippen LogP contribution in [0.5, 0.6) is 0 Å². The number of sulfonamides is 1. The average molecular weight is 439 g/mol. The maximum absolute atomic E-state index is 12.9. The highest BCUT2D eigenvalue weighted by atomic mass is 32.2. The first-order valence-electron chi connectivity index (χ1n) is 10.8. The molecule has 0 unspecified atom stereocenters. The van der Waals surface area contributed by atoms with Gasteiger partial charge in [0.1, 0.15) is 0 Å². The van der Waals surface area contributed by atoms with Crippen LogP contribution in [0.3, 0.4) is 0 Å². The second kappa shape index (κ2) is 10.9. The maximum Gasteiger partial charge on any atom is 0.338 e. The van der Waals surface area contributed by atoms with E-state index in [1.807, 2.05) is 0 Å². The zero-order valence-corrected chi connectivity index (χ0v) is 19.3. The predicted octanol–water partition coefficient (Wildman–Crippen LogP) is 3.27. The molecule has 0 radical (unpaired) electrons. The molecule has 1 aromatic rings. The van der Waals surface area contributed by atoms with Crippen molar-refractivity contribution in [3.63, 3.8) is 0 Å². The fraction of sp³-hybridized carbons (Fsp3) is 0.636. The van der Waals surface area contributed by atoms with E-state index in [9.17, 15) is 18.0 Å². The van der Waals surface area contributed by atoms with Gasteiger partial charge in [-0.1, -0.05) is 39.2 Å². The third-order valence-electron chi connectivity index (χ3n) is 5.69. The molecule has 2 rings (SSSR count). The molecular weight excluding hydrogens is 404 g/mol. The fourth-order valence-electron chi connectivity index (χ4n) is 3.77. The van der Waals surface area contributed by atoms with Gasteiger partial charge in [-0.2, -0.15) is 4.31 Å². The Bertz CT molecular complexity index is 843. The molecule has 7 nitrogen and oxygen atoms in total. The Kier molecular flexibility index (Phi) is 8.85. The van der Waals surface area contributed by atoms with Gasteiger partial charge in [0, 0.05) is 19.6 Å². The molecule has 1 aliphatic carbocycles. The molecule has 30 heavy (non-hydrogen) atoms. The van der Waals surface area contributed by atoms with Crippen molar-refractivity contribution in [3.05, 3.63) is 29.3 Å². The van der Waals surface area contributed by atoms with Crippen LogP contribution in [-0.2, 0) is 19.6 Å². The van der Waals surface area contributed by atoms with Gasteiger partial charge in [0.2, 0.25) is 10.0 Å². The van der Waals surface area contributed by atoms with Gasteiger partial charge in [0.25, 0.3) is 5.91 Å². The molecule has 1 saturated carbocycles. The van der Waals surface area contributed by atoms with Crippen LogP contribution in [0.1, 0.15) is 68.8 Å². The fourth-order valence-corrected chi connectivity index (χ4v) is 5.48. The summed E-state index contributed by atoms with van der Waals surface area (Å²) in [5.41, 5.74) is 0.662. The van der Waals surface area contributed by atoms with E-state index >= 15 is 0 Å². The molecular formula is C22H34N2O5S. The van der Waals surface area contributed by atoms with E-state index < -0.39 is 22.1 Å². The second-order valence-corrected chi connectivity index (χ2v) is 9.77. The summed E-state index contributed by atoms with van der Waals surface area (Å²) >= 11 is 0. The largest absolute Gasteiger partial charge is 0.449 e. The van der Waals surface area contributed by atoms with Gasteiger partial charge in [-0.3, -0.25) is 4.79 Å². The number of amides is 1. The molecule has 1 atom stereocenters. The normalized spacial score (nSPS) is 16.3. The number of esters is 1. The van der Waals surface area contributed by atoms with E-state index in [4.69, 9.17) is 4.74 Å². The summed E-state index contributed by atoms with van der Waals surface area (Å²) in [7, 11) is -3.71. The third kappa shape index (κ3) is 6.04. The smallest absolute Gasteiger partial charge is 0.338 e. The highest BCUT2D eigenvalue weighted by molar-refractivity contribution is 7.89. The Balaban J connectivity index is 2.05. The van der Waals surface area contributed by atoms with Crippen molar-refractivity contribution >= 4 is 21.9 Å². The average Bonchev–Trinajstić information content (AvgIpc) is 2.73. The van der Waals surface area contributed by atoms with Crippen molar-refractivity contribution in [2.24, 2.45) is 5.92 Å². The standard InChI is InChI=1S/C22H34N2O5S/c1-5-24(6-2)30(27,28)20-14-19(13-12-16(20)3)22(26)29-17(4)21(25)23-15-18-10-8-7-9-11-18/h12-14,17-18H,5-11,15H2,1-4H3,(H,23,25)/t17-/m1/s1. The Morgan fingerprint density at radius 1 is 1.17 bits per heavy atom. The van der Waals surface area contributed by atoms with Crippen LogP contribution < -0.4 is 5.32 Å². The number of nitrogens with zero attached hydrogens (tertiary/aromatic N) is 1. The second-order valence-electron chi connectivity index (χ2n) is 7.87. The van der Waals surface area contributed by atoms with Gasteiger partial charge in [-0.15, -0.1) is 0 Å². The molecule has 0 aliphatic heterocycles. The monoisotopic (exact) mass is 438 g/mol. The summed E-state index contributed by atoms with van der Waals surface area (Å²) < 4.78 is 32.4. The summed E-state index contributed by atoms with van der Waals surface area (Å²) in [6.45, 7) is 8.01. The molecule has 0 saturated heterocycles. The van der Waals surface area contributed by atoms with Gasteiger partial charge in [0.05, 0.1) is 10.5 Å². The van der Waals surface area contributed by atoms with Crippen LogP contribution in [0, 0.1) is 12.8 Å². The first-order chi connectivity index (χ1) is 14.2. The molecule has 0 spiro atoms. The summed E-state index contributed by atoms with van der Waals surface area (Å²) in [5.74, 6) is -0.570. The Morgan fingerprint density at radius 2 is 1.80 bits per heavy atom. The van der Waals surface area contributed by atoms with E-state index in [1.165, 1.54) is 42.6 Å². The number of ether oxygens (including phenoxy) is 1. The highest BCUT2D eigenvalue weighted by Gasteiger charge is 2.26. The lowest BCUT2D eigenvalue weighted by Gasteiger charge is -2.22. The van der Waals surface area contributed by atoms with E-state index in [0.717, 1.165) is 12.8 Å². The summed E-state index contributed by atoms with van der Waals surface area (Å²) in [4.78, 5) is 24.9. The number of hydrogen-bond donors (Lipinski definition) is 1. The zero-order valence-electron chi connectivity index (χ0n) is 18.4. The summed E-state index contributed by atoms with van der Waals surface area (Å²) in [5, 5.41) is 2.87. The van der Waals surface area contributed by atoms with E-state index in [0.29, 0.717) is 31.1 Å². The number of carbonyl (C=O) groups excluding carboxylic acids is 2. The van der Waals surface area contributed by atoms with E-state index in [1.54, 1.807) is 26.8 Å². The molecule has 1 aromatic carbocycles. The van der Waals surface area contributed by atoms with Gasteiger partial charge in [-0.25, -0.2) is 13.2 Å². The van der Waals surface area contributed by atoms with Crippen molar-refractivity contribution in [2.45, 2.75) is 70.8 Å². The first kappa shape index (κ1) is 24.3. The predicted molar refractivity (Wildman–Crippen MR) is 116 cm³/mol. The van der Waals surface area contributed by atoms with Crippen molar-refractivity contribution in [1.82, 2.24) is 9.62 Å². The number of nitrogens with one attached hydrogen (secondary N) is 1. The van der Waals surface area contributed by atoms with Gasteiger partial charge in [0.15, 0.2) is 6.10 Å². The Hall–Kier alpha value is -1.93. The molecule has 0 bridgehead atoms. The molecule has 168 valence electrons. The lowest BCUT2D eigenvalue weighted by molar-refractivity contribution is -0.129. The van der Waals surface area contributed by atoms with Crippen LogP contribution >= 0.6 is 0 Å². The third-order valence-corrected chi connectivity index (χ3v) is 7.88. The number of benzene rings is 1. The minimum atomic E-state index is -3.71.